The van der Waals surface area contributed by atoms with Crippen molar-refractivity contribution < 1.29 is 4.74 Å². The zero-order chi connectivity index (χ0) is 19.8. The first kappa shape index (κ1) is 18.1. The van der Waals surface area contributed by atoms with Crippen LogP contribution >= 0.6 is 0 Å². The molecule has 0 saturated carbocycles. The van der Waals surface area contributed by atoms with Gasteiger partial charge in [-0.1, -0.05) is 56.3 Å². The van der Waals surface area contributed by atoms with Crippen LogP contribution in [0.5, 0.6) is 5.75 Å². The second kappa shape index (κ2) is 7.49. The highest BCUT2D eigenvalue weighted by Crippen LogP contribution is 2.38. The average molecular weight is 383 g/mol. The number of fused-ring (bicyclic) bond motifs is 5. The first-order valence-electron chi connectivity index (χ1n) is 10.5. The number of nitrogens with one attached hydrogen (secondary N) is 1. The fraction of sp³-hybridized carbons (Fsp3) is 0.269. The molecule has 0 fully saturated rings. The zero-order valence-corrected chi connectivity index (χ0v) is 17.0. The Hall–Kier alpha value is -2.91. The van der Waals surface area contributed by atoms with Crippen molar-refractivity contribution in [2.45, 2.75) is 26.8 Å². The van der Waals surface area contributed by atoms with E-state index in [0.29, 0.717) is 12.5 Å². The summed E-state index contributed by atoms with van der Waals surface area (Å²) in [6.45, 7) is 6.90. The Balaban J connectivity index is 1.77. The number of nitrogens with zero attached hydrogens (tertiary/aromatic N) is 1. The van der Waals surface area contributed by atoms with E-state index in [1.165, 1.54) is 27.3 Å². The summed E-state index contributed by atoms with van der Waals surface area (Å²) >= 11 is 0. The molecular weight excluding hydrogens is 356 g/mol. The van der Waals surface area contributed by atoms with Crippen LogP contribution in [-0.2, 0) is 13.0 Å². The van der Waals surface area contributed by atoms with Crippen LogP contribution in [0.25, 0.3) is 32.9 Å². The van der Waals surface area contributed by atoms with Crippen molar-refractivity contribution in [3.8, 4) is 17.0 Å². The normalized spacial score (nSPS) is 13.8. The average Bonchev–Trinajstić information content (AvgIpc) is 2.77. The van der Waals surface area contributed by atoms with Crippen molar-refractivity contribution in [2.75, 3.05) is 13.2 Å². The van der Waals surface area contributed by atoms with Crippen LogP contribution in [0.1, 0.15) is 25.0 Å². The molecule has 3 nitrogen and oxygen atoms in total. The molecule has 29 heavy (non-hydrogen) atoms. The van der Waals surface area contributed by atoms with E-state index in [2.05, 4.69) is 73.8 Å². The van der Waals surface area contributed by atoms with Gasteiger partial charge in [0.1, 0.15) is 5.75 Å². The molecule has 2 heterocycles. The summed E-state index contributed by atoms with van der Waals surface area (Å²) in [5, 5.41) is 7.43. The molecule has 0 amide bonds. The molecule has 3 aromatic carbocycles. The number of ether oxygens (including phenoxy) is 1. The van der Waals surface area contributed by atoms with Crippen molar-refractivity contribution in [3.05, 3.63) is 71.8 Å². The quantitative estimate of drug-likeness (QED) is 0.457. The van der Waals surface area contributed by atoms with Crippen LogP contribution in [0.3, 0.4) is 0 Å². The molecular formula is C26H26N2O. The predicted molar refractivity (Wildman–Crippen MR) is 120 cm³/mol. The van der Waals surface area contributed by atoms with Gasteiger partial charge in [-0.25, -0.2) is 4.98 Å². The molecule has 0 aliphatic carbocycles. The number of rotatable bonds is 4. The van der Waals surface area contributed by atoms with Gasteiger partial charge in [-0.05, 0) is 59.0 Å². The van der Waals surface area contributed by atoms with E-state index in [1.807, 2.05) is 6.07 Å². The largest absolute Gasteiger partial charge is 0.493 e. The summed E-state index contributed by atoms with van der Waals surface area (Å²) in [7, 11) is 0. The lowest BCUT2D eigenvalue weighted by molar-refractivity contribution is 0.272. The lowest BCUT2D eigenvalue weighted by Gasteiger charge is -2.24. The maximum absolute atomic E-state index is 6.17. The number of hydrogen-bond donors (Lipinski definition) is 1. The highest BCUT2D eigenvalue weighted by atomic mass is 16.5. The van der Waals surface area contributed by atoms with Crippen LogP contribution in [-0.4, -0.2) is 18.1 Å². The minimum atomic E-state index is 0.481. The summed E-state index contributed by atoms with van der Waals surface area (Å²) in [5.74, 6) is 1.40. The fourth-order valence-electron chi connectivity index (χ4n) is 4.31. The van der Waals surface area contributed by atoms with Crippen LogP contribution in [0.15, 0.2) is 60.7 Å². The van der Waals surface area contributed by atoms with E-state index < -0.39 is 0 Å². The predicted octanol–water partition coefficient (Wildman–Crippen LogP) is 5.74. The van der Waals surface area contributed by atoms with Crippen molar-refractivity contribution in [1.82, 2.24) is 10.3 Å². The molecule has 0 atom stereocenters. The Labute approximate surface area is 171 Å². The molecule has 146 valence electrons. The Bertz CT molecular complexity index is 1200. The van der Waals surface area contributed by atoms with Gasteiger partial charge in [0.2, 0.25) is 0 Å². The maximum atomic E-state index is 6.17. The van der Waals surface area contributed by atoms with Gasteiger partial charge in [0.05, 0.1) is 17.8 Å². The summed E-state index contributed by atoms with van der Waals surface area (Å²) < 4.78 is 6.17. The van der Waals surface area contributed by atoms with Gasteiger partial charge in [-0.3, -0.25) is 0 Å². The molecule has 1 N–H and O–H groups in total. The van der Waals surface area contributed by atoms with Gasteiger partial charge in [0.15, 0.2) is 0 Å². The Morgan fingerprint density at radius 2 is 1.79 bits per heavy atom. The number of aromatic nitrogens is 1. The smallest absolute Gasteiger partial charge is 0.128 e. The van der Waals surface area contributed by atoms with Gasteiger partial charge < -0.3 is 10.1 Å². The molecule has 0 spiro atoms. The van der Waals surface area contributed by atoms with Crippen LogP contribution in [0.4, 0.5) is 0 Å². The van der Waals surface area contributed by atoms with Gasteiger partial charge in [-0.2, -0.15) is 0 Å². The molecule has 3 heteroatoms. The first-order valence-corrected chi connectivity index (χ1v) is 10.5. The van der Waals surface area contributed by atoms with E-state index in [4.69, 9.17) is 9.72 Å². The third-order valence-electron chi connectivity index (χ3n) is 5.66. The van der Waals surface area contributed by atoms with Gasteiger partial charge in [-0.15, -0.1) is 0 Å². The van der Waals surface area contributed by atoms with E-state index >= 15 is 0 Å². The number of para-hydroxylation sites is 1. The topological polar surface area (TPSA) is 34.1 Å². The minimum Gasteiger partial charge on any atom is -0.493 e. The van der Waals surface area contributed by atoms with E-state index in [-0.39, 0.29) is 0 Å². The third kappa shape index (κ3) is 3.26. The lowest BCUT2D eigenvalue weighted by Crippen LogP contribution is -2.25. The standard InChI is InChI=1S/C26H26N2O/c1-17(2)16-29-24-10-6-5-9-21(24)26-22-15-27-14-13-20(22)25-19-8-4-3-7-18(19)11-12-23(25)28-26/h3-12,17,27H,13-16H2,1-2H3. The van der Waals surface area contributed by atoms with E-state index in [1.54, 1.807) is 0 Å². The zero-order valence-electron chi connectivity index (χ0n) is 17.0. The van der Waals surface area contributed by atoms with Gasteiger partial charge >= 0.3 is 0 Å². The third-order valence-corrected chi connectivity index (χ3v) is 5.66. The van der Waals surface area contributed by atoms with E-state index in [9.17, 15) is 0 Å². The van der Waals surface area contributed by atoms with Crippen molar-refractivity contribution >= 4 is 21.7 Å². The lowest BCUT2D eigenvalue weighted by atomic mass is 9.90. The summed E-state index contributed by atoms with van der Waals surface area (Å²) in [4.78, 5) is 5.18. The van der Waals surface area contributed by atoms with Crippen LogP contribution in [0.2, 0.25) is 0 Å². The maximum Gasteiger partial charge on any atom is 0.128 e. The number of benzene rings is 3. The van der Waals surface area contributed by atoms with E-state index in [0.717, 1.165) is 42.0 Å². The summed E-state index contributed by atoms with van der Waals surface area (Å²) in [5.41, 5.74) is 5.94. The van der Waals surface area contributed by atoms with Gasteiger partial charge in [0.25, 0.3) is 0 Å². The first-order chi connectivity index (χ1) is 14.2. The summed E-state index contributed by atoms with van der Waals surface area (Å²) in [6, 6.07) is 21.3. The fourth-order valence-corrected chi connectivity index (χ4v) is 4.31. The second-order valence-corrected chi connectivity index (χ2v) is 8.23. The molecule has 1 aromatic heterocycles. The molecule has 0 radical (unpaired) electrons. The number of pyridine rings is 1. The van der Waals surface area contributed by atoms with Gasteiger partial charge in [0, 0.05) is 17.5 Å². The van der Waals surface area contributed by atoms with Crippen molar-refractivity contribution in [1.29, 1.82) is 0 Å². The molecule has 0 saturated heterocycles. The molecule has 0 unspecified atom stereocenters. The number of hydrogen-bond acceptors (Lipinski definition) is 3. The SMILES string of the molecule is CC(C)COc1ccccc1-c1nc2ccc3ccccc3c2c2c1CNCC2. The molecule has 1 aliphatic heterocycles. The Kier molecular flexibility index (Phi) is 4.69. The Morgan fingerprint density at radius 1 is 0.966 bits per heavy atom. The summed E-state index contributed by atoms with van der Waals surface area (Å²) in [6.07, 6.45) is 1.02. The highest BCUT2D eigenvalue weighted by molar-refractivity contribution is 6.09. The van der Waals surface area contributed by atoms with Crippen molar-refractivity contribution in [2.24, 2.45) is 5.92 Å². The molecule has 5 rings (SSSR count). The second-order valence-electron chi connectivity index (χ2n) is 8.23. The highest BCUT2D eigenvalue weighted by Gasteiger charge is 2.22. The molecule has 1 aliphatic rings. The Morgan fingerprint density at radius 3 is 2.69 bits per heavy atom. The minimum absolute atomic E-state index is 0.481. The monoisotopic (exact) mass is 382 g/mol. The van der Waals surface area contributed by atoms with Crippen molar-refractivity contribution in [3.63, 3.8) is 0 Å². The van der Waals surface area contributed by atoms with Crippen LogP contribution in [0, 0.1) is 5.92 Å². The molecule has 4 aromatic rings. The van der Waals surface area contributed by atoms with Crippen LogP contribution < -0.4 is 10.1 Å². The molecule has 0 bridgehead atoms.